The molecule has 126 valence electrons. The van der Waals surface area contributed by atoms with Gasteiger partial charge in [0.15, 0.2) is 0 Å². The third-order valence-corrected chi connectivity index (χ3v) is 4.16. The molecule has 2 aromatic rings. The summed E-state index contributed by atoms with van der Waals surface area (Å²) >= 11 is 0. The van der Waals surface area contributed by atoms with Crippen LogP contribution in [0.3, 0.4) is 0 Å². The van der Waals surface area contributed by atoms with E-state index in [1.54, 1.807) is 0 Å². The van der Waals surface area contributed by atoms with E-state index in [0.29, 0.717) is 6.04 Å². The van der Waals surface area contributed by atoms with Gasteiger partial charge in [0.1, 0.15) is 0 Å². The van der Waals surface area contributed by atoms with Gasteiger partial charge in [0.05, 0.1) is 0 Å². The molecule has 0 aliphatic heterocycles. The zero-order chi connectivity index (χ0) is 17.3. The van der Waals surface area contributed by atoms with Crippen molar-refractivity contribution in [3.05, 3.63) is 71.8 Å². The molecule has 0 bridgehead atoms. The van der Waals surface area contributed by atoms with Gasteiger partial charge in [-0.05, 0) is 23.5 Å². The first-order valence-electron chi connectivity index (χ1n) is 8.59. The number of rotatable bonds is 6. The van der Waals surface area contributed by atoms with E-state index in [1.807, 2.05) is 38.1 Å². The highest BCUT2D eigenvalue weighted by Crippen LogP contribution is 2.31. The van der Waals surface area contributed by atoms with Crippen LogP contribution in [0.15, 0.2) is 60.7 Å². The van der Waals surface area contributed by atoms with E-state index in [-0.39, 0.29) is 11.5 Å². The van der Waals surface area contributed by atoms with Crippen molar-refractivity contribution in [3.8, 4) is 0 Å². The molecule has 0 heterocycles. The van der Waals surface area contributed by atoms with Crippen LogP contribution in [0.25, 0.3) is 0 Å². The molecule has 2 rings (SSSR count). The van der Waals surface area contributed by atoms with Gasteiger partial charge in [-0.1, -0.05) is 88.4 Å². The molecule has 0 fully saturated rings. The largest absolute Gasteiger partial charge is 0.323 e. The van der Waals surface area contributed by atoms with Gasteiger partial charge in [0.2, 0.25) is 0 Å². The second-order valence-electron chi connectivity index (χ2n) is 6.39. The van der Waals surface area contributed by atoms with Gasteiger partial charge >= 0.3 is 0 Å². The second kappa shape index (κ2) is 9.49. The second-order valence-corrected chi connectivity index (χ2v) is 6.39. The number of nitrogens with one attached hydrogen (secondary N) is 1. The Morgan fingerprint density at radius 3 is 1.78 bits per heavy atom. The smallest absolute Gasteiger partial charge is 0.0359 e. The highest BCUT2D eigenvalue weighted by molar-refractivity contribution is 5.21. The zero-order valence-electron chi connectivity index (χ0n) is 15.2. The van der Waals surface area contributed by atoms with Crippen LogP contribution in [0, 0.1) is 5.41 Å². The van der Waals surface area contributed by atoms with E-state index in [4.69, 9.17) is 5.73 Å². The molecule has 2 nitrogen and oxygen atoms in total. The summed E-state index contributed by atoms with van der Waals surface area (Å²) in [6.45, 7) is 11.5. The van der Waals surface area contributed by atoms with Crippen LogP contribution in [0.5, 0.6) is 0 Å². The number of hydrogen-bond acceptors (Lipinski definition) is 2. The molecule has 0 spiro atoms. The minimum absolute atomic E-state index is 0.00953. The van der Waals surface area contributed by atoms with E-state index < -0.39 is 0 Å². The predicted molar refractivity (Wildman–Crippen MR) is 101 cm³/mol. The third kappa shape index (κ3) is 5.81. The average Bonchev–Trinajstić information content (AvgIpc) is 2.62. The first kappa shape index (κ1) is 19.4. The third-order valence-electron chi connectivity index (χ3n) is 4.16. The van der Waals surface area contributed by atoms with Crippen molar-refractivity contribution in [1.29, 1.82) is 0 Å². The molecule has 0 aromatic heterocycles. The topological polar surface area (TPSA) is 38.0 Å². The van der Waals surface area contributed by atoms with Gasteiger partial charge in [-0.15, -0.1) is 0 Å². The van der Waals surface area contributed by atoms with Crippen LogP contribution in [-0.4, -0.2) is 6.54 Å². The Morgan fingerprint density at radius 2 is 1.30 bits per heavy atom. The standard InChI is InChI=1S/C19H26N2.C2H6/c1-15(16-10-6-4-7-11-16)21-14-19(2,3)18(20)17-12-8-5-9-13-17;1-2/h4-13,15,18,21H,14,20H2,1-3H3;1-2H3/t15-,18?;/m1./s1. The van der Waals surface area contributed by atoms with Gasteiger partial charge in [-0.3, -0.25) is 0 Å². The van der Waals surface area contributed by atoms with E-state index in [9.17, 15) is 0 Å². The maximum atomic E-state index is 6.46. The minimum Gasteiger partial charge on any atom is -0.323 e. The maximum absolute atomic E-state index is 6.46. The van der Waals surface area contributed by atoms with Crippen LogP contribution in [0.2, 0.25) is 0 Å². The molecule has 2 heteroatoms. The SMILES string of the molecule is CC.C[C@@H](NCC(C)(C)C(N)c1ccccc1)c1ccccc1. The summed E-state index contributed by atoms with van der Waals surface area (Å²) in [5.41, 5.74) is 8.95. The Balaban J connectivity index is 0.00000127. The monoisotopic (exact) mass is 312 g/mol. The highest BCUT2D eigenvalue weighted by atomic mass is 14.9. The van der Waals surface area contributed by atoms with Crippen molar-refractivity contribution in [2.75, 3.05) is 6.54 Å². The minimum atomic E-state index is -0.00953. The van der Waals surface area contributed by atoms with Gasteiger partial charge in [0, 0.05) is 18.6 Å². The van der Waals surface area contributed by atoms with Crippen molar-refractivity contribution in [2.24, 2.45) is 11.1 Å². The molecular weight excluding hydrogens is 280 g/mol. The summed E-state index contributed by atoms with van der Waals surface area (Å²) < 4.78 is 0. The molecule has 3 N–H and O–H groups in total. The van der Waals surface area contributed by atoms with Crippen molar-refractivity contribution in [2.45, 2.75) is 46.7 Å². The maximum Gasteiger partial charge on any atom is 0.0359 e. The molecule has 0 amide bonds. The van der Waals surface area contributed by atoms with Gasteiger partial charge < -0.3 is 11.1 Å². The molecule has 23 heavy (non-hydrogen) atoms. The Bertz CT molecular complexity index is 534. The van der Waals surface area contributed by atoms with E-state index in [1.165, 1.54) is 11.1 Å². The number of nitrogens with two attached hydrogens (primary N) is 1. The van der Waals surface area contributed by atoms with Crippen LogP contribution in [-0.2, 0) is 0 Å². The van der Waals surface area contributed by atoms with Crippen molar-refractivity contribution < 1.29 is 0 Å². The molecule has 2 aromatic carbocycles. The molecule has 0 saturated heterocycles. The molecular formula is C21H32N2. The predicted octanol–water partition coefficient (Wildman–Crippen LogP) is 5.09. The summed E-state index contributed by atoms with van der Waals surface area (Å²) in [4.78, 5) is 0. The van der Waals surface area contributed by atoms with Crippen molar-refractivity contribution >= 4 is 0 Å². The summed E-state index contributed by atoms with van der Waals surface area (Å²) in [5.74, 6) is 0. The molecule has 2 atom stereocenters. The summed E-state index contributed by atoms with van der Waals surface area (Å²) in [7, 11) is 0. The van der Waals surface area contributed by atoms with E-state index >= 15 is 0 Å². The van der Waals surface area contributed by atoms with Gasteiger partial charge in [0.25, 0.3) is 0 Å². The fourth-order valence-electron chi connectivity index (χ4n) is 2.50. The van der Waals surface area contributed by atoms with Gasteiger partial charge in [-0.25, -0.2) is 0 Å². The molecule has 0 saturated carbocycles. The zero-order valence-corrected chi connectivity index (χ0v) is 15.2. The molecule has 0 aliphatic carbocycles. The summed E-state index contributed by atoms with van der Waals surface area (Å²) in [6.07, 6.45) is 0. The fraction of sp³-hybridized carbons (Fsp3) is 0.429. The Hall–Kier alpha value is -1.64. The van der Waals surface area contributed by atoms with Crippen LogP contribution in [0.4, 0.5) is 0 Å². The molecule has 0 aliphatic rings. The lowest BCUT2D eigenvalue weighted by Crippen LogP contribution is -2.39. The Kier molecular flexibility index (Phi) is 8.01. The Morgan fingerprint density at radius 1 is 0.870 bits per heavy atom. The molecule has 1 unspecified atom stereocenters. The van der Waals surface area contributed by atoms with E-state index in [0.717, 1.165) is 6.54 Å². The highest BCUT2D eigenvalue weighted by Gasteiger charge is 2.28. The number of hydrogen-bond donors (Lipinski definition) is 2. The lowest BCUT2D eigenvalue weighted by molar-refractivity contribution is 0.264. The lowest BCUT2D eigenvalue weighted by Gasteiger charge is -2.33. The van der Waals surface area contributed by atoms with Crippen LogP contribution >= 0.6 is 0 Å². The fourth-order valence-corrected chi connectivity index (χ4v) is 2.50. The molecule has 0 radical (unpaired) electrons. The van der Waals surface area contributed by atoms with E-state index in [2.05, 4.69) is 62.5 Å². The Labute approximate surface area is 142 Å². The summed E-state index contributed by atoms with van der Waals surface area (Å²) in [5, 5.41) is 3.61. The quantitative estimate of drug-likeness (QED) is 0.779. The van der Waals surface area contributed by atoms with Crippen LogP contribution in [0.1, 0.15) is 57.8 Å². The first-order chi connectivity index (χ1) is 11.0. The van der Waals surface area contributed by atoms with Gasteiger partial charge in [-0.2, -0.15) is 0 Å². The number of benzene rings is 2. The normalized spacial score (nSPS) is 13.7. The van der Waals surface area contributed by atoms with Crippen LogP contribution < -0.4 is 11.1 Å². The summed E-state index contributed by atoms with van der Waals surface area (Å²) in [6, 6.07) is 21.2. The average molecular weight is 313 g/mol. The van der Waals surface area contributed by atoms with Crippen molar-refractivity contribution in [3.63, 3.8) is 0 Å². The lowest BCUT2D eigenvalue weighted by atomic mass is 9.80. The first-order valence-corrected chi connectivity index (χ1v) is 8.59. The van der Waals surface area contributed by atoms with Crippen molar-refractivity contribution in [1.82, 2.24) is 5.32 Å².